The minimum atomic E-state index is -0.534. The number of hydrogen-bond acceptors (Lipinski definition) is 4. The zero-order valence-electron chi connectivity index (χ0n) is 8.57. The van der Waals surface area contributed by atoms with Crippen LogP contribution in [0.25, 0.3) is 0 Å². The summed E-state index contributed by atoms with van der Waals surface area (Å²) in [4.78, 5) is 11.0. The second-order valence-corrected chi connectivity index (χ2v) is 2.78. The van der Waals surface area contributed by atoms with Crippen LogP contribution < -0.4 is 0 Å². The molecule has 1 rings (SSSR count). The molecule has 0 amide bonds. The van der Waals surface area contributed by atoms with Gasteiger partial charge in [-0.2, -0.15) is 0 Å². The summed E-state index contributed by atoms with van der Waals surface area (Å²) in [6.45, 7) is 3.83. The lowest BCUT2D eigenvalue weighted by Crippen LogP contribution is -2.05. The van der Waals surface area contributed by atoms with E-state index < -0.39 is 6.29 Å². The van der Waals surface area contributed by atoms with Gasteiger partial charge in [0.15, 0.2) is 17.3 Å². The number of rotatable bonds is 5. The maximum atomic E-state index is 11.0. The van der Waals surface area contributed by atoms with Gasteiger partial charge in [0.2, 0.25) is 6.29 Å². The van der Waals surface area contributed by atoms with E-state index in [-0.39, 0.29) is 5.78 Å². The molecule has 0 aliphatic carbocycles. The molecular formula is C10H14O4. The normalized spacial score (nSPS) is 12.8. The molecule has 0 bridgehead atoms. The average molecular weight is 198 g/mol. The van der Waals surface area contributed by atoms with Crippen molar-refractivity contribution in [1.29, 1.82) is 0 Å². The summed E-state index contributed by atoms with van der Waals surface area (Å²) in [6.07, 6.45) is -0.534. The SMILES string of the molecule is CCOC(OC)c1ccc(C(C)=O)o1. The molecule has 0 aliphatic heterocycles. The number of carbonyl (C=O) groups excluding carboxylic acids is 1. The fourth-order valence-electron chi connectivity index (χ4n) is 1.09. The van der Waals surface area contributed by atoms with Gasteiger partial charge in [-0.15, -0.1) is 0 Å². The molecule has 0 spiro atoms. The third-order valence-corrected chi connectivity index (χ3v) is 1.74. The number of hydrogen-bond donors (Lipinski definition) is 0. The summed E-state index contributed by atoms with van der Waals surface area (Å²) in [7, 11) is 1.52. The molecule has 4 nitrogen and oxygen atoms in total. The van der Waals surface area contributed by atoms with Crippen LogP contribution in [-0.2, 0) is 9.47 Å². The lowest BCUT2D eigenvalue weighted by molar-refractivity contribution is -0.135. The smallest absolute Gasteiger partial charge is 0.216 e. The van der Waals surface area contributed by atoms with Crippen LogP contribution in [0.15, 0.2) is 16.5 Å². The largest absolute Gasteiger partial charge is 0.453 e. The molecule has 0 N–H and O–H groups in total. The highest BCUT2D eigenvalue weighted by molar-refractivity contribution is 5.91. The van der Waals surface area contributed by atoms with Gasteiger partial charge in [0.1, 0.15) is 0 Å². The van der Waals surface area contributed by atoms with Gasteiger partial charge in [-0.05, 0) is 19.1 Å². The van der Waals surface area contributed by atoms with E-state index >= 15 is 0 Å². The minimum absolute atomic E-state index is 0.109. The van der Waals surface area contributed by atoms with Gasteiger partial charge in [-0.25, -0.2) is 0 Å². The molecule has 0 saturated heterocycles. The highest BCUT2D eigenvalue weighted by atomic mass is 16.7. The number of ketones is 1. The Morgan fingerprint density at radius 1 is 1.57 bits per heavy atom. The van der Waals surface area contributed by atoms with Crippen LogP contribution in [-0.4, -0.2) is 19.5 Å². The minimum Gasteiger partial charge on any atom is -0.453 e. The van der Waals surface area contributed by atoms with Gasteiger partial charge in [0.25, 0.3) is 0 Å². The zero-order chi connectivity index (χ0) is 10.6. The van der Waals surface area contributed by atoms with Gasteiger partial charge in [0, 0.05) is 20.6 Å². The van der Waals surface area contributed by atoms with E-state index in [2.05, 4.69) is 0 Å². The molecule has 1 atom stereocenters. The molecule has 1 heterocycles. The van der Waals surface area contributed by atoms with Gasteiger partial charge in [-0.3, -0.25) is 4.79 Å². The first-order valence-corrected chi connectivity index (χ1v) is 4.44. The maximum absolute atomic E-state index is 11.0. The predicted molar refractivity (Wildman–Crippen MR) is 50.1 cm³/mol. The van der Waals surface area contributed by atoms with Crippen LogP contribution >= 0.6 is 0 Å². The first-order chi connectivity index (χ1) is 6.69. The summed E-state index contributed by atoms with van der Waals surface area (Å²) in [5.74, 6) is 0.726. The van der Waals surface area contributed by atoms with Crippen molar-refractivity contribution in [3.05, 3.63) is 23.7 Å². The molecule has 0 aliphatic rings. The third-order valence-electron chi connectivity index (χ3n) is 1.74. The van der Waals surface area contributed by atoms with Crippen LogP contribution in [0.2, 0.25) is 0 Å². The Labute approximate surface area is 82.8 Å². The molecule has 0 aromatic carbocycles. The van der Waals surface area contributed by atoms with Crippen molar-refractivity contribution >= 4 is 5.78 Å². The van der Waals surface area contributed by atoms with Gasteiger partial charge in [-0.1, -0.05) is 0 Å². The molecule has 1 aromatic rings. The third kappa shape index (κ3) is 2.43. The Balaban J connectivity index is 2.78. The topological polar surface area (TPSA) is 48.7 Å². The number of carbonyl (C=O) groups is 1. The van der Waals surface area contributed by atoms with Crippen LogP contribution in [0.1, 0.15) is 36.5 Å². The Morgan fingerprint density at radius 2 is 2.29 bits per heavy atom. The summed E-state index contributed by atoms with van der Waals surface area (Å²) in [5, 5.41) is 0. The van der Waals surface area contributed by atoms with Crippen molar-refractivity contribution in [2.24, 2.45) is 0 Å². The monoisotopic (exact) mass is 198 g/mol. The number of ether oxygens (including phenoxy) is 2. The van der Waals surface area contributed by atoms with E-state index in [0.29, 0.717) is 18.1 Å². The van der Waals surface area contributed by atoms with E-state index in [0.717, 1.165) is 0 Å². The highest BCUT2D eigenvalue weighted by Crippen LogP contribution is 2.20. The maximum Gasteiger partial charge on any atom is 0.216 e. The standard InChI is InChI=1S/C10H14O4/c1-4-13-10(12-3)9-6-5-8(14-9)7(2)11/h5-6,10H,4H2,1-3H3. The number of furan rings is 1. The first-order valence-electron chi connectivity index (χ1n) is 4.44. The van der Waals surface area contributed by atoms with Gasteiger partial charge in [0.05, 0.1) is 0 Å². The van der Waals surface area contributed by atoms with Crippen molar-refractivity contribution in [3.8, 4) is 0 Å². The Kier molecular flexibility index (Phi) is 3.85. The number of methoxy groups -OCH3 is 1. The van der Waals surface area contributed by atoms with Gasteiger partial charge >= 0.3 is 0 Å². The number of Topliss-reactive ketones (excluding diaryl/α,β-unsaturated/α-hetero) is 1. The summed E-state index contributed by atoms with van der Waals surface area (Å²) >= 11 is 0. The Hall–Kier alpha value is -1.13. The van der Waals surface area contributed by atoms with Crippen molar-refractivity contribution in [2.45, 2.75) is 20.1 Å². The van der Waals surface area contributed by atoms with E-state index in [1.165, 1.54) is 14.0 Å². The van der Waals surface area contributed by atoms with Crippen LogP contribution in [0, 0.1) is 0 Å². The molecule has 0 radical (unpaired) electrons. The van der Waals surface area contributed by atoms with E-state index in [1.807, 2.05) is 6.92 Å². The van der Waals surface area contributed by atoms with Crippen molar-refractivity contribution in [1.82, 2.24) is 0 Å². The van der Waals surface area contributed by atoms with E-state index in [1.54, 1.807) is 12.1 Å². The van der Waals surface area contributed by atoms with Crippen LogP contribution in [0.3, 0.4) is 0 Å². The Bertz CT molecular complexity index is 303. The van der Waals surface area contributed by atoms with Crippen molar-refractivity contribution in [3.63, 3.8) is 0 Å². The molecule has 1 unspecified atom stereocenters. The second-order valence-electron chi connectivity index (χ2n) is 2.78. The Morgan fingerprint density at radius 3 is 2.71 bits per heavy atom. The highest BCUT2D eigenvalue weighted by Gasteiger charge is 2.15. The second kappa shape index (κ2) is 4.93. The van der Waals surface area contributed by atoms with Crippen molar-refractivity contribution in [2.75, 3.05) is 13.7 Å². The lowest BCUT2D eigenvalue weighted by atomic mass is 10.3. The molecule has 0 fully saturated rings. The molecule has 1 aromatic heterocycles. The molecular weight excluding hydrogens is 184 g/mol. The van der Waals surface area contributed by atoms with Gasteiger partial charge < -0.3 is 13.9 Å². The predicted octanol–water partition coefficient (Wildman–Crippen LogP) is 2.16. The molecule has 4 heteroatoms. The first kappa shape index (κ1) is 10.9. The van der Waals surface area contributed by atoms with Crippen LogP contribution in [0.5, 0.6) is 0 Å². The van der Waals surface area contributed by atoms with E-state index in [4.69, 9.17) is 13.9 Å². The summed E-state index contributed by atoms with van der Waals surface area (Å²) in [6, 6.07) is 3.29. The lowest BCUT2D eigenvalue weighted by Gasteiger charge is -2.11. The molecule has 78 valence electrons. The average Bonchev–Trinajstić information content (AvgIpc) is 2.63. The van der Waals surface area contributed by atoms with Crippen molar-refractivity contribution < 1.29 is 18.7 Å². The zero-order valence-corrected chi connectivity index (χ0v) is 8.57. The fourth-order valence-corrected chi connectivity index (χ4v) is 1.09. The quantitative estimate of drug-likeness (QED) is 0.537. The molecule has 14 heavy (non-hydrogen) atoms. The summed E-state index contributed by atoms with van der Waals surface area (Å²) < 4.78 is 15.5. The van der Waals surface area contributed by atoms with E-state index in [9.17, 15) is 4.79 Å². The fraction of sp³-hybridized carbons (Fsp3) is 0.500. The van der Waals surface area contributed by atoms with Crippen LogP contribution in [0.4, 0.5) is 0 Å². The molecule has 0 saturated carbocycles. The summed E-state index contributed by atoms with van der Waals surface area (Å²) in [5.41, 5.74) is 0.